The van der Waals surface area contributed by atoms with Gasteiger partial charge in [-0.3, -0.25) is 9.59 Å². The Labute approximate surface area is 169 Å². The number of carbonyl (C=O) groups excluding carboxylic acids is 2. The number of Topliss-reactive ketones (excluding diaryl/α,β-unsaturated/α-hetero) is 2. The average Bonchev–Trinajstić information content (AvgIpc) is 2.67. The van der Waals surface area contributed by atoms with Gasteiger partial charge in [-0.2, -0.15) is 0 Å². The van der Waals surface area contributed by atoms with Crippen molar-refractivity contribution in [1.82, 2.24) is 0 Å². The van der Waals surface area contributed by atoms with Crippen LogP contribution >= 0.6 is 31.9 Å². The Morgan fingerprint density at radius 2 is 1.19 bits per heavy atom. The third-order valence-electron chi connectivity index (χ3n) is 4.20. The lowest BCUT2D eigenvalue weighted by atomic mass is 9.85. The minimum Gasteiger partial charge on any atom is -0.294 e. The molecule has 1 atom stereocenters. The van der Waals surface area contributed by atoms with Gasteiger partial charge in [0.05, 0.1) is 5.92 Å². The maximum atomic E-state index is 13.1. The summed E-state index contributed by atoms with van der Waals surface area (Å²) < 4.78 is 1.83. The zero-order valence-electron chi connectivity index (χ0n) is 13.9. The SMILES string of the molecule is O=C(CC(C(=O)c1ccc(Br)cc1)c1ccccc1)c1ccc(Br)cc1. The van der Waals surface area contributed by atoms with Crippen molar-refractivity contribution in [2.45, 2.75) is 12.3 Å². The van der Waals surface area contributed by atoms with E-state index in [4.69, 9.17) is 0 Å². The van der Waals surface area contributed by atoms with E-state index in [1.54, 1.807) is 24.3 Å². The first kappa shape index (κ1) is 18.7. The van der Waals surface area contributed by atoms with Crippen molar-refractivity contribution in [3.8, 4) is 0 Å². The second-order valence-electron chi connectivity index (χ2n) is 5.97. The van der Waals surface area contributed by atoms with Gasteiger partial charge >= 0.3 is 0 Å². The molecule has 0 bridgehead atoms. The molecular formula is C22H16Br2O2. The van der Waals surface area contributed by atoms with E-state index in [1.807, 2.05) is 54.6 Å². The Hall–Kier alpha value is -2.04. The van der Waals surface area contributed by atoms with Crippen LogP contribution in [-0.4, -0.2) is 11.6 Å². The highest BCUT2D eigenvalue weighted by molar-refractivity contribution is 9.10. The smallest absolute Gasteiger partial charge is 0.170 e. The molecule has 0 aliphatic carbocycles. The number of hydrogen-bond donors (Lipinski definition) is 0. The van der Waals surface area contributed by atoms with Crippen LogP contribution in [0, 0.1) is 0 Å². The Balaban J connectivity index is 1.91. The third-order valence-corrected chi connectivity index (χ3v) is 5.26. The molecule has 0 aromatic heterocycles. The summed E-state index contributed by atoms with van der Waals surface area (Å²) in [4.78, 5) is 25.9. The number of benzene rings is 3. The first-order valence-corrected chi connectivity index (χ1v) is 9.76. The van der Waals surface area contributed by atoms with Crippen LogP contribution in [0.2, 0.25) is 0 Å². The van der Waals surface area contributed by atoms with Crippen LogP contribution in [0.3, 0.4) is 0 Å². The lowest BCUT2D eigenvalue weighted by Gasteiger charge is -2.16. The number of ketones is 2. The average molecular weight is 472 g/mol. The van der Waals surface area contributed by atoms with Crippen LogP contribution in [0.1, 0.15) is 38.6 Å². The van der Waals surface area contributed by atoms with Gasteiger partial charge in [0.15, 0.2) is 11.6 Å². The Kier molecular flexibility index (Phi) is 6.17. The van der Waals surface area contributed by atoms with E-state index in [9.17, 15) is 9.59 Å². The fourth-order valence-electron chi connectivity index (χ4n) is 2.80. The van der Waals surface area contributed by atoms with Crippen molar-refractivity contribution < 1.29 is 9.59 Å². The summed E-state index contributed by atoms with van der Waals surface area (Å²) in [5.41, 5.74) is 2.06. The van der Waals surface area contributed by atoms with Crippen LogP contribution in [0.4, 0.5) is 0 Å². The van der Waals surface area contributed by atoms with Crippen molar-refractivity contribution in [2.24, 2.45) is 0 Å². The molecule has 0 spiro atoms. The molecule has 3 aromatic rings. The summed E-state index contributed by atoms with van der Waals surface area (Å²) in [6, 6.07) is 24.0. The van der Waals surface area contributed by atoms with Gasteiger partial charge in [0, 0.05) is 26.5 Å². The van der Waals surface area contributed by atoms with Crippen LogP contribution in [0.15, 0.2) is 87.8 Å². The van der Waals surface area contributed by atoms with Gasteiger partial charge in [-0.1, -0.05) is 86.5 Å². The topological polar surface area (TPSA) is 34.1 Å². The standard InChI is InChI=1S/C22H16Br2O2/c23-18-10-6-16(7-11-18)21(25)14-20(15-4-2-1-3-5-15)22(26)17-8-12-19(24)13-9-17/h1-13,20H,14H2. The predicted octanol–water partition coefficient (Wildman–Crippen LogP) is 6.45. The molecule has 1 unspecified atom stereocenters. The number of rotatable bonds is 6. The molecule has 0 aliphatic heterocycles. The fourth-order valence-corrected chi connectivity index (χ4v) is 3.33. The van der Waals surface area contributed by atoms with Gasteiger partial charge in [-0.25, -0.2) is 0 Å². The van der Waals surface area contributed by atoms with Gasteiger partial charge in [-0.05, 0) is 29.8 Å². The van der Waals surface area contributed by atoms with E-state index in [0.29, 0.717) is 11.1 Å². The zero-order chi connectivity index (χ0) is 18.5. The summed E-state index contributed by atoms with van der Waals surface area (Å²) in [6.45, 7) is 0. The summed E-state index contributed by atoms with van der Waals surface area (Å²) in [5.74, 6) is -0.598. The summed E-state index contributed by atoms with van der Waals surface area (Å²) in [5, 5.41) is 0. The minimum absolute atomic E-state index is 0.0446. The largest absolute Gasteiger partial charge is 0.294 e. The number of halogens is 2. The molecule has 2 nitrogen and oxygen atoms in total. The molecule has 3 rings (SSSR count). The van der Waals surface area contributed by atoms with Gasteiger partial charge in [0.1, 0.15) is 0 Å². The second-order valence-corrected chi connectivity index (χ2v) is 7.80. The molecule has 0 amide bonds. The molecule has 4 heteroatoms. The highest BCUT2D eigenvalue weighted by atomic mass is 79.9. The highest BCUT2D eigenvalue weighted by Crippen LogP contribution is 2.27. The molecule has 0 fully saturated rings. The quantitative estimate of drug-likeness (QED) is 0.387. The Morgan fingerprint density at radius 1 is 0.692 bits per heavy atom. The van der Waals surface area contributed by atoms with Crippen molar-refractivity contribution in [3.05, 3.63) is 104 Å². The van der Waals surface area contributed by atoms with E-state index in [-0.39, 0.29) is 18.0 Å². The summed E-state index contributed by atoms with van der Waals surface area (Å²) >= 11 is 6.76. The van der Waals surface area contributed by atoms with Gasteiger partial charge in [0.2, 0.25) is 0 Å². The molecule has 0 radical (unpaired) electrons. The summed E-state index contributed by atoms with van der Waals surface area (Å²) in [6.07, 6.45) is 0.139. The first-order chi connectivity index (χ1) is 12.5. The molecule has 0 saturated carbocycles. The Morgan fingerprint density at radius 3 is 1.73 bits per heavy atom. The zero-order valence-corrected chi connectivity index (χ0v) is 17.0. The molecule has 0 heterocycles. The van der Waals surface area contributed by atoms with Crippen LogP contribution in [0.5, 0.6) is 0 Å². The summed E-state index contributed by atoms with van der Waals surface area (Å²) in [7, 11) is 0. The van der Waals surface area contributed by atoms with E-state index < -0.39 is 5.92 Å². The van der Waals surface area contributed by atoms with Crippen LogP contribution < -0.4 is 0 Å². The molecule has 130 valence electrons. The third kappa shape index (κ3) is 4.57. The van der Waals surface area contributed by atoms with Crippen molar-refractivity contribution in [1.29, 1.82) is 0 Å². The van der Waals surface area contributed by atoms with E-state index in [2.05, 4.69) is 31.9 Å². The Bertz CT molecular complexity index is 901. The van der Waals surface area contributed by atoms with E-state index in [1.165, 1.54) is 0 Å². The maximum Gasteiger partial charge on any atom is 0.170 e. The molecule has 0 saturated heterocycles. The molecule has 3 aromatic carbocycles. The molecular weight excluding hydrogens is 456 g/mol. The number of hydrogen-bond acceptors (Lipinski definition) is 2. The maximum absolute atomic E-state index is 13.1. The van der Waals surface area contributed by atoms with Gasteiger partial charge in [-0.15, -0.1) is 0 Å². The monoisotopic (exact) mass is 470 g/mol. The van der Waals surface area contributed by atoms with Crippen LogP contribution in [0.25, 0.3) is 0 Å². The van der Waals surface area contributed by atoms with E-state index in [0.717, 1.165) is 14.5 Å². The predicted molar refractivity (Wildman–Crippen MR) is 111 cm³/mol. The van der Waals surface area contributed by atoms with Crippen molar-refractivity contribution in [2.75, 3.05) is 0 Å². The van der Waals surface area contributed by atoms with E-state index >= 15 is 0 Å². The molecule has 0 N–H and O–H groups in total. The normalized spacial score (nSPS) is 11.8. The van der Waals surface area contributed by atoms with Crippen molar-refractivity contribution in [3.63, 3.8) is 0 Å². The fraction of sp³-hybridized carbons (Fsp3) is 0.0909. The lowest BCUT2D eigenvalue weighted by molar-refractivity contribution is 0.0893. The van der Waals surface area contributed by atoms with Crippen molar-refractivity contribution >= 4 is 43.4 Å². The molecule has 0 aliphatic rings. The highest BCUT2D eigenvalue weighted by Gasteiger charge is 2.25. The van der Waals surface area contributed by atoms with Gasteiger partial charge < -0.3 is 0 Å². The second kappa shape index (κ2) is 8.56. The van der Waals surface area contributed by atoms with Crippen LogP contribution in [-0.2, 0) is 0 Å². The number of carbonyl (C=O) groups is 2. The minimum atomic E-state index is -0.506. The lowest BCUT2D eigenvalue weighted by Crippen LogP contribution is -2.17. The first-order valence-electron chi connectivity index (χ1n) is 8.18. The van der Waals surface area contributed by atoms with Gasteiger partial charge in [0.25, 0.3) is 0 Å². The molecule has 26 heavy (non-hydrogen) atoms.